The van der Waals surface area contributed by atoms with Gasteiger partial charge >= 0.3 is 6.09 Å². The molecule has 1 aromatic rings. The van der Waals surface area contributed by atoms with Crippen LogP contribution in [0.2, 0.25) is 16.6 Å². The van der Waals surface area contributed by atoms with Crippen LogP contribution in [0.15, 0.2) is 18.3 Å². The molecule has 0 radical (unpaired) electrons. The van der Waals surface area contributed by atoms with Gasteiger partial charge in [0.15, 0.2) is 6.10 Å². The number of rotatable bonds is 6. The van der Waals surface area contributed by atoms with Crippen LogP contribution in [0.25, 0.3) is 0 Å². The highest BCUT2D eigenvalue weighted by Crippen LogP contribution is 2.48. The summed E-state index contributed by atoms with van der Waals surface area (Å²) in [5.74, 6) is -1.08. The number of carbonyl (C=O) groups excluding carboxylic acids is 2. The van der Waals surface area contributed by atoms with E-state index in [4.69, 9.17) is 9.16 Å². The molecule has 30 heavy (non-hydrogen) atoms. The summed E-state index contributed by atoms with van der Waals surface area (Å²) in [7, 11) is -2.46. The molecule has 0 N–H and O–H groups in total. The third-order valence-electron chi connectivity index (χ3n) is 5.74. The minimum absolute atomic E-state index is 0.0205. The SMILES string of the molecule is CC(C)[Si](O[C@@H]1C(=O)N(C(=O)OC(C)(C)C)[C@@H]1c1ncccc1F)(C(C)C)C(C)C. The molecule has 8 heteroatoms. The molecule has 6 nitrogen and oxygen atoms in total. The first-order valence-corrected chi connectivity index (χ1v) is 12.7. The number of β-lactam (4-membered cyclic amide) rings is 1. The molecule has 1 aliphatic rings. The van der Waals surface area contributed by atoms with Crippen LogP contribution in [0.3, 0.4) is 0 Å². The molecule has 0 saturated carbocycles. The van der Waals surface area contributed by atoms with Gasteiger partial charge < -0.3 is 9.16 Å². The van der Waals surface area contributed by atoms with E-state index >= 15 is 0 Å². The van der Waals surface area contributed by atoms with E-state index in [0.717, 1.165) is 4.90 Å². The van der Waals surface area contributed by atoms with Crippen molar-refractivity contribution in [3.8, 4) is 0 Å². The molecule has 1 fully saturated rings. The Bertz CT molecular complexity index is 770. The van der Waals surface area contributed by atoms with Gasteiger partial charge in [0.05, 0.1) is 0 Å². The molecule has 0 aromatic carbocycles. The van der Waals surface area contributed by atoms with Crippen LogP contribution < -0.4 is 0 Å². The van der Waals surface area contributed by atoms with Crippen molar-refractivity contribution in [1.29, 1.82) is 0 Å². The molecule has 0 bridgehead atoms. The number of halogens is 1. The number of hydrogen-bond acceptors (Lipinski definition) is 5. The van der Waals surface area contributed by atoms with Gasteiger partial charge in [-0.3, -0.25) is 9.78 Å². The summed E-state index contributed by atoms with van der Waals surface area (Å²) >= 11 is 0. The van der Waals surface area contributed by atoms with Gasteiger partial charge in [0.2, 0.25) is 8.32 Å². The predicted octanol–water partition coefficient (Wildman–Crippen LogP) is 5.60. The van der Waals surface area contributed by atoms with E-state index in [1.54, 1.807) is 20.8 Å². The number of imide groups is 1. The van der Waals surface area contributed by atoms with Crippen LogP contribution >= 0.6 is 0 Å². The average Bonchev–Trinajstić information content (AvgIpc) is 2.58. The van der Waals surface area contributed by atoms with Crippen molar-refractivity contribution in [3.63, 3.8) is 0 Å². The van der Waals surface area contributed by atoms with Gasteiger partial charge in [-0.05, 0) is 49.5 Å². The maximum atomic E-state index is 14.6. The summed E-state index contributed by atoms with van der Waals surface area (Å²) in [5, 5.41) is 0. The highest BCUT2D eigenvalue weighted by molar-refractivity contribution is 6.77. The topological polar surface area (TPSA) is 68.7 Å². The zero-order valence-corrected chi connectivity index (χ0v) is 20.5. The molecule has 2 rings (SSSR count). The Morgan fingerprint density at radius 3 is 2.10 bits per heavy atom. The lowest BCUT2D eigenvalue weighted by Crippen LogP contribution is -2.67. The first kappa shape index (κ1) is 24.5. The molecule has 1 aliphatic heterocycles. The van der Waals surface area contributed by atoms with Crippen LogP contribution in [0, 0.1) is 5.82 Å². The maximum absolute atomic E-state index is 14.6. The van der Waals surface area contributed by atoms with Crippen molar-refractivity contribution < 1.29 is 23.1 Å². The fourth-order valence-corrected chi connectivity index (χ4v) is 10.1. The van der Waals surface area contributed by atoms with Crippen LogP contribution in [0.5, 0.6) is 0 Å². The zero-order valence-electron chi connectivity index (χ0n) is 19.5. The van der Waals surface area contributed by atoms with E-state index in [9.17, 15) is 14.0 Å². The Morgan fingerprint density at radius 2 is 1.67 bits per heavy atom. The van der Waals surface area contributed by atoms with Crippen molar-refractivity contribution in [2.45, 2.75) is 96.7 Å². The lowest BCUT2D eigenvalue weighted by molar-refractivity contribution is -0.163. The molecule has 1 saturated heterocycles. The molecule has 2 heterocycles. The van der Waals surface area contributed by atoms with Crippen molar-refractivity contribution >= 4 is 20.3 Å². The smallest absolute Gasteiger partial charge is 0.417 e. The standard InChI is InChI=1S/C22H35FN2O4Si/c1-13(2)30(14(3)4,15(5)6)29-19-18(17-16(23)11-10-12-24-17)25(20(19)26)21(27)28-22(7,8)9/h10-15,18-19H,1-9H3/t18-,19+/m1/s1. The Morgan fingerprint density at radius 1 is 1.13 bits per heavy atom. The number of amides is 2. The molecule has 168 valence electrons. The predicted molar refractivity (Wildman–Crippen MR) is 116 cm³/mol. The highest BCUT2D eigenvalue weighted by Gasteiger charge is 2.59. The van der Waals surface area contributed by atoms with E-state index in [-0.39, 0.29) is 22.3 Å². The second kappa shape index (κ2) is 8.75. The summed E-state index contributed by atoms with van der Waals surface area (Å²) in [6.45, 7) is 17.8. The van der Waals surface area contributed by atoms with Crippen LogP contribution in [0.1, 0.15) is 74.0 Å². The normalized spacial score (nSPS) is 20.2. The lowest BCUT2D eigenvalue weighted by Gasteiger charge is -2.51. The van der Waals surface area contributed by atoms with Gasteiger partial charge in [-0.25, -0.2) is 14.1 Å². The largest absolute Gasteiger partial charge is 0.443 e. The molecule has 0 unspecified atom stereocenters. The quantitative estimate of drug-likeness (QED) is 0.427. The van der Waals surface area contributed by atoms with Crippen molar-refractivity contribution in [2.75, 3.05) is 0 Å². The number of hydrogen-bond donors (Lipinski definition) is 0. The molecular formula is C22H35FN2O4Si. The minimum Gasteiger partial charge on any atom is -0.443 e. The fraction of sp³-hybridized carbons (Fsp3) is 0.682. The molecule has 0 aliphatic carbocycles. The first-order valence-electron chi connectivity index (χ1n) is 10.6. The molecule has 2 atom stereocenters. The Balaban J connectivity index is 2.49. The summed E-state index contributed by atoms with van der Waals surface area (Å²) in [6, 6.07) is 1.80. The van der Waals surface area contributed by atoms with E-state index in [1.165, 1.54) is 18.3 Å². The number of nitrogens with zero attached hydrogens (tertiary/aromatic N) is 2. The third kappa shape index (κ3) is 4.44. The van der Waals surface area contributed by atoms with Gasteiger partial charge in [0.1, 0.15) is 23.2 Å². The number of likely N-dealkylation sites (tertiary alicyclic amines) is 1. The number of aromatic nitrogens is 1. The third-order valence-corrected chi connectivity index (χ3v) is 11.8. The monoisotopic (exact) mass is 438 g/mol. The van der Waals surface area contributed by atoms with Crippen molar-refractivity contribution in [2.24, 2.45) is 0 Å². The summed E-state index contributed by atoms with van der Waals surface area (Å²) in [6.07, 6.45) is -0.321. The molecular weight excluding hydrogens is 403 g/mol. The first-order chi connectivity index (χ1) is 13.7. The van der Waals surface area contributed by atoms with Crippen molar-refractivity contribution in [3.05, 3.63) is 29.8 Å². The maximum Gasteiger partial charge on any atom is 0.417 e. The van der Waals surface area contributed by atoms with Gasteiger partial charge in [0, 0.05) is 6.20 Å². The molecule has 2 amide bonds. The van der Waals surface area contributed by atoms with Crippen LogP contribution in [0.4, 0.5) is 9.18 Å². The molecule has 1 aromatic heterocycles. The number of carbonyl (C=O) groups is 2. The van der Waals surface area contributed by atoms with Crippen LogP contribution in [-0.4, -0.2) is 41.9 Å². The van der Waals surface area contributed by atoms with Gasteiger partial charge in [-0.1, -0.05) is 41.5 Å². The minimum atomic E-state index is -2.46. The van der Waals surface area contributed by atoms with Crippen LogP contribution in [-0.2, 0) is 14.0 Å². The second-order valence-electron chi connectivity index (χ2n) is 9.86. The Labute approximate surface area is 180 Å². The zero-order chi connectivity index (χ0) is 23.0. The second-order valence-corrected chi connectivity index (χ2v) is 15.3. The summed E-state index contributed by atoms with van der Waals surface area (Å²) in [5.41, 5.74) is -0.0736. The lowest BCUT2D eigenvalue weighted by atomic mass is 9.94. The van der Waals surface area contributed by atoms with Gasteiger partial charge in [0.25, 0.3) is 5.91 Å². The summed E-state index contributed by atoms with van der Waals surface area (Å²) in [4.78, 5) is 30.9. The van der Waals surface area contributed by atoms with E-state index in [1.807, 2.05) is 0 Å². The molecule has 0 spiro atoms. The van der Waals surface area contributed by atoms with Crippen molar-refractivity contribution in [1.82, 2.24) is 9.88 Å². The average molecular weight is 439 g/mol. The van der Waals surface area contributed by atoms with E-state index < -0.39 is 43.9 Å². The highest BCUT2D eigenvalue weighted by atomic mass is 28.4. The van der Waals surface area contributed by atoms with E-state index in [2.05, 4.69) is 46.5 Å². The number of ether oxygens (including phenoxy) is 1. The van der Waals surface area contributed by atoms with E-state index in [0.29, 0.717) is 0 Å². The Hall–Kier alpha value is -1.80. The van der Waals surface area contributed by atoms with Gasteiger partial charge in [-0.2, -0.15) is 0 Å². The fourth-order valence-electron chi connectivity index (χ4n) is 4.60. The Kier molecular flexibility index (Phi) is 7.13. The number of pyridine rings is 1. The summed E-state index contributed by atoms with van der Waals surface area (Å²) < 4.78 is 26.7. The van der Waals surface area contributed by atoms with Gasteiger partial charge in [-0.15, -0.1) is 0 Å².